The summed E-state index contributed by atoms with van der Waals surface area (Å²) in [5, 5.41) is 0. The van der Waals surface area contributed by atoms with Crippen molar-refractivity contribution in [2.75, 3.05) is 26.7 Å². The molecule has 0 aliphatic heterocycles. The van der Waals surface area contributed by atoms with Crippen molar-refractivity contribution >= 4 is 37.4 Å². The quantitative estimate of drug-likeness (QED) is 0.446. The number of benzene rings is 2. The molecule has 0 N–H and O–H groups in total. The summed E-state index contributed by atoms with van der Waals surface area (Å²) < 4.78 is 57.8. The minimum atomic E-state index is -3.81. The fourth-order valence-electron chi connectivity index (χ4n) is 3.34. The number of carbonyl (C=O) groups is 3. The Morgan fingerprint density at radius 2 is 0.969 bits per heavy atom. The molecule has 2 aromatic rings. The monoisotopic (exact) mass is 482 g/mol. The van der Waals surface area contributed by atoms with Crippen LogP contribution in [0.4, 0.5) is 0 Å². The molecule has 0 atom stereocenters. The molecule has 0 spiro atoms. The van der Waals surface area contributed by atoms with Crippen LogP contribution in [0.25, 0.3) is 0 Å². The lowest BCUT2D eigenvalue weighted by atomic mass is 9.91. The highest BCUT2D eigenvalue weighted by Gasteiger charge is 2.29. The van der Waals surface area contributed by atoms with Crippen LogP contribution in [0.15, 0.2) is 34.1 Å². The summed E-state index contributed by atoms with van der Waals surface area (Å²) >= 11 is 0. The smallest absolute Gasteiger partial charge is 0.339 e. The van der Waals surface area contributed by atoms with E-state index >= 15 is 0 Å². The average molecular weight is 483 g/mol. The van der Waals surface area contributed by atoms with Gasteiger partial charge in [0.15, 0.2) is 25.5 Å². The van der Waals surface area contributed by atoms with Gasteiger partial charge in [0.2, 0.25) is 0 Å². The molecule has 172 valence electrons. The molecule has 11 heteroatoms. The highest BCUT2D eigenvalue weighted by atomic mass is 32.2. The predicted molar refractivity (Wildman–Crippen MR) is 115 cm³/mol. The van der Waals surface area contributed by atoms with Crippen molar-refractivity contribution in [3.8, 4) is 0 Å². The second-order valence-corrected chi connectivity index (χ2v) is 11.0. The van der Waals surface area contributed by atoms with Crippen LogP contribution in [0.1, 0.15) is 47.8 Å². The van der Waals surface area contributed by atoms with Crippen molar-refractivity contribution in [2.45, 2.75) is 23.6 Å². The molecule has 0 aliphatic rings. The van der Waals surface area contributed by atoms with E-state index in [0.29, 0.717) is 0 Å². The number of hydrogen-bond donors (Lipinski definition) is 0. The van der Waals surface area contributed by atoms with Crippen molar-refractivity contribution < 1.29 is 40.7 Å². The van der Waals surface area contributed by atoms with Crippen LogP contribution in [-0.2, 0) is 29.1 Å². The third-order valence-corrected chi connectivity index (χ3v) is 7.20. The Labute approximate surface area is 186 Å². The fraction of sp³-hybridized carbons (Fsp3) is 0.286. The van der Waals surface area contributed by atoms with Crippen molar-refractivity contribution in [3.05, 3.63) is 57.6 Å². The Kier molecular flexibility index (Phi) is 6.96. The van der Waals surface area contributed by atoms with Gasteiger partial charge in [-0.1, -0.05) is 0 Å². The van der Waals surface area contributed by atoms with Gasteiger partial charge in [-0.25, -0.2) is 26.4 Å². The van der Waals surface area contributed by atoms with E-state index in [1.54, 1.807) is 0 Å². The molecule has 0 fully saturated rings. The molecule has 2 aromatic carbocycles. The Morgan fingerprint density at radius 1 is 0.656 bits per heavy atom. The Morgan fingerprint density at radius 3 is 1.22 bits per heavy atom. The van der Waals surface area contributed by atoms with Gasteiger partial charge in [0.1, 0.15) is 0 Å². The Balaban J connectivity index is 2.84. The van der Waals surface area contributed by atoms with Crippen LogP contribution in [0, 0.1) is 13.8 Å². The standard InChI is InChI=1S/C21H22O9S2/c1-11-13(7-9-15(31(5,25)26)17(11)20(23)29-3)19(22)14-8-10-16(32(6,27)28)18(12(14)2)21(24)30-4/h7-10H,1-6H3. The molecule has 0 amide bonds. The van der Waals surface area contributed by atoms with Crippen LogP contribution < -0.4 is 0 Å². The molecule has 9 nitrogen and oxygen atoms in total. The number of carbonyl (C=O) groups excluding carboxylic acids is 3. The first-order valence-corrected chi connectivity index (χ1v) is 12.8. The SMILES string of the molecule is COC(=O)c1c(S(C)(=O)=O)ccc(C(=O)c2ccc(S(C)(=O)=O)c(C(=O)OC)c2C)c1C. The lowest BCUT2D eigenvalue weighted by Crippen LogP contribution is -2.18. The maximum atomic E-state index is 13.3. The Bertz CT molecular complexity index is 1250. The third kappa shape index (κ3) is 4.58. The average Bonchev–Trinajstić information content (AvgIpc) is 2.70. The van der Waals surface area contributed by atoms with E-state index in [-0.39, 0.29) is 43.2 Å². The van der Waals surface area contributed by atoms with E-state index < -0.39 is 37.4 Å². The van der Waals surface area contributed by atoms with Crippen LogP contribution in [0.3, 0.4) is 0 Å². The number of ketones is 1. The highest BCUT2D eigenvalue weighted by molar-refractivity contribution is 7.91. The highest BCUT2D eigenvalue weighted by Crippen LogP contribution is 2.29. The van der Waals surface area contributed by atoms with Gasteiger partial charge < -0.3 is 9.47 Å². The first-order valence-electron chi connectivity index (χ1n) is 9.05. The molecule has 0 bridgehead atoms. The molecule has 0 unspecified atom stereocenters. The Hall–Kier alpha value is -3.05. The van der Waals surface area contributed by atoms with Crippen molar-refractivity contribution in [1.82, 2.24) is 0 Å². The number of hydrogen-bond acceptors (Lipinski definition) is 9. The second kappa shape index (κ2) is 8.83. The van der Waals surface area contributed by atoms with Crippen molar-refractivity contribution in [2.24, 2.45) is 0 Å². The fourth-order valence-corrected chi connectivity index (χ4v) is 5.19. The molecule has 0 radical (unpaired) electrons. The van der Waals surface area contributed by atoms with Crippen LogP contribution in [-0.4, -0.2) is 61.3 Å². The van der Waals surface area contributed by atoms with E-state index in [4.69, 9.17) is 9.47 Å². The molecule has 2 rings (SSSR count). The summed E-state index contributed by atoms with van der Waals surface area (Å²) in [4.78, 5) is 37.3. The van der Waals surface area contributed by atoms with Crippen LogP contribution in [0.5, 0.6) is 0 Å². The lowest BCUT2D eigenvalue weighted by Gasteiger charge is -2.16. The minimum Gasteiger partial charge on any atom is -0.465 e. The number of sulfone groups is 2. The van der Waals surface area contributed by atoms with E-state index in [0.717, 1.165) is 38.9 Å². The maximum Gasteiger partial charge on any atom is 0.339 e. The third-order valence-electron chi connectivity index (χ3n) is 4.92. The van der Waals surface area contributed by atoms with Gasteiger partial charge in [-0.3, -0.25) is 4.79 Å². The van der Waals surface area contributed by atoms with Crippen molar-refractivity contribution in [1.29, 1.82) is 0 Å². The summed E-state index contributed by atoms with van der Waals surface area (Å²) in [5.74, 6) is -2.51. The van der Waals surface area contributed by atoms with Crippen molar-refractivity contribution in [3.63, 3.8) is 0 Å². The van der Waals surface area contributed by atoms with Gasteiger partial charge in [-0.15, -0.1) is 0 Å². The summed E-state index contributed by atoms with van der Waals surface area (Å²) in [6, 6.07) is 4.76. The first-order chi connectivity index (χ1) is 14.7. The van der Waals surface area contributed by atoms with Gasteiger partial charge in [0.05, 0.1) is 35.1 Å². The van der Waals surface area contributed by atoms with E-state index in [1.165, 1.54) is 26.0 Å². The summed E-state index contributed by atoms with van der Waals surface area (Å²) in [5.41, 5.74) is -0.446. The molecule has 0 aromatic heterocycles. The maximum absolute atomic E-state index is 13.3. The minimum absolute atomic E-state index is 0.0104. The molecular weight excluding hydrogens is 460 g/mol. The largest absolute Gasteiger partial charge is 0.465 e. The zero-order chi connectivity index (χ0) is 24.6. The number of rotatable bonds is 6. The lowest BCUT2D eigenvalue weighted by molar-refractivity contribution is 0.0586. The summed E-state index contributed by atoms with van der Waals surface area (Å²) in [7, 11) is -5.45. The van der Waals surface area contributed by atoms with E-state index in [9.17, 15) is 31.2 Å². The van der Waals surface area contributed by atoms with Crippen LogP contribution >= 0.6 is 0 Å². The summed E-state index contributed by atoms with van der Waals surface area (Å²) in [6.45, 7) is 2.80. The topological polar surface area (TPSA) is 138 Å². The second-order valence-electron chi connectivity index (χ2n) is 7.08. The number of esters is 2. The molecule has 32 heavy (non-hydrogen) atoms. The molecule has 0 aliphatic carbocycles. The number of methoxy groups -OCH3 is 2. The number of ether oxygens (including phenoxy) is 2. The van der Waals surface area contributed by atoms with Gasteiger partial charge in [0, 0.05) is 23.6 Å². The van der Waals surface area contributed by atoms with Gasteiger partial charge >= 0.3 is 11.9 Å². The van der Waals surface area contributed by atoms with Gasteiger partial charge in [-0.2, -0.15) is 0 Å². The summed E-state index contributed by atoms with van der Waals surface area (Å²) in [6.07, 6.45) is 1.85. The normalized spacial score (nSPS) is 11.7. The van der Waals surface area contributed by atoms with E-state index in [2.05, 4.69) is 0 Å². The van der Waals surface area contributed by atoms with E-state index in [1.807, 2.05) is 0 Å². The zero-order valence-electron chi connectivity index (χ0n) is 18.3. The van der Waals surface area contributed by atoms with Gasteiger partial charge in [0.25, 0.3) is 0 Å². The zero-order valence-corrected chi connectivity index (χ0v) is 19.9. The molecular formula is C21H22O9S2. The molecule has 0 saturated heterocycles. The van der Waals surface area contributed by atoms with Gasteiger partial charge in [-0.05, 0) is 49.2 Å². The molecule has 0 heterocycles. The molecule has 0 saturated carbocycles. The van der Waals surface area contributed by atoms with Crippen LogP contribution in [0.2, 0.25) is 0 Å². The predicted octanol–water partition coefficient (Wildman–Crippen LogP) is 1.91. The first kappa shape index (κ1) is 25.2.